The molecule has 1 aromatic rings. The van der Waals surface area contributed by atoms with E-state index in [1.54, 1.807) is 0 Å². The van der Waals surface area contributed by atoms with Crippen LogP contribution in [0.2, 0.25) is 0 Å². The minimum atomic E-state index is 0.374. The lowest BCUT2D eigenvalue weighted by molar-refractivity contribution is 0.457. The van der Waals surface area contributed by atoms with Crippen LogP contribution in [0, 0.1) is 0 Å². The van der Waals surface area contributed by atoms with Crippen LogP contribution in [0.15, 0.2) is 24.5 Å². The first-order chi connectivity index (χ1) is 10.4. The van der Waals surface area contributed by atoms with Crippen molar-refractivity contribution in [2.24, 2.45) is 5.84 Å². The maximum absolute atomic E-state index is 5.66. The molecule has 1 atom stereocenters. The van der Waals surface area contributed by atoms with Crippen LogP contribution < -0.4 is 11.3 Å². The zero-order chi connectivity index (χ0) is 15.2. The maximum atomic E-state index is 5.66. The first-order valence-corrected chi connectivity index (χ1v) is 8.71. The molecule has 0 saturated heterocycles. The van der Waals surface area contributed by atoms with E-state index in [4.69, 9.17) is 5.84 Å². The number of pyridine rings is 1. The summed E-state index contributed by atoms with van der Waals surface area (Å²) in [5.41, 5.74) is 4.21. The van der Waals surface area contributed by atoms with Gasteiger partial charge in [0.15, 0.2) is 0 Å². The molecule has 3 N–H and O–H groups in total. The molecule has 0 aliphatic rings. The Morgan fingerprint density at radius 1 is 1.05 bits per heavy atom. The molecule has 0 aliphatic carbocycles. The zero-order valence-corrected chi connectivity index (χ0v) is 13.7. The van der Waals surface area contributed by atoms with Crippen LogP contribution in [0.3, 0.4) is 0 Å². The Bertz CT molecular complexity index is 326. The fourth-order valence-corrected chi connectivity index (χ4v) is 2.75. The quantitative estimate of drug-likeness (QED) is 0.322. The smallest absolute Gasteiger partial charge is 0.0300 e. The Kier molecular flexibility index (Phi) is 11.0. The lowest BCUT2D eigenvalue weighted by atomic mass is 10.0. The zero-order valence-electron chi connectivity index (χ0n) is 13.7. The predicted molar refractivity (Wildman–Crippen MR) is 90.9 cm³/mol. The maximum Gasteiger partial charge on any atom is 0.0300 e. The van der Waals surface area contributed by atoms with Crippen molar-refractivity contribution in [2.75, 3.05) is 0 Å². The first kappa shape index (κ1) is 18.1. The molecule has 1 aromatic heterocycles. The fraction of sp³-hybridized carbons (Fsp3) is 0.722. The van der Waals surface area contributed by atoms with Gasteiger partial charge < -0.3 is 0 Å². The second kappa shape index (κ2) is 12.8. The molecule has 1 heterocycles. The molecule has 0 aliphatic heterocycles. The van der Waals surface area contributed by atoms with Crippen LogP contribution in [-0.2, 0) is 6.42 Å². The summed E-state index contributed by atoms with van der Waals surface area (Å²) < 4.78 is 0. The second-order valence-electron chi connectivity index (χ2n) is 6.05. The van der Waals surface area contributed by atoms with Crippen LogP contribution in [0.4, 0.5) is 0 Å². The molecule has 1 rings (SSSR count). The van der Waals surface area contributed by atoms with Crippen molar-refractivity contribution in [1.29, 1.82) is 0 Å². The number of rotatable bonds is 13. The Labute approximate surface area is 130 Å². The number of nitrogens with zero attached hydrogens (tertiary/aromatic N) is 1. The van der Waals surface area contributed by atoms with Gasteiger partial charge in [-0.2, -0.15) is 0 Å². The van der Waals surface area contributed by atoms with Crippen LogP contribution >= 0.6 is 0 Å². The highest BCUT2D eigenvalue weighted by Gasteiger charge is 2.07. The van der Waals surface area contributed by atoms with Gasteiger partial charge in [-0.15, -0.1) is 0 Å². The molecule has 0 saturated carbocycles. The molecule has 3 heteroatoms. The third-order valence-electron chi connectivity index (χ3n) is 4.10. The van der Waals surface area contributed by atoms with E-state index in [2.05, 4.69) is 23.4 Å². The van der Waals surface area contributed by atoms with E-state index in [9.17, 15) is 0 Å². The normalized spacial score (nSPS) is 12.5. The first-order valence-electron chi connectivity index (χ1n) is 8.71. The van der Waals surface area contributed by atoms with Crippen molar-refractivity contribution in [2.45, 2.75) is 83.6 Å². The SMILES string of the molecule is CCCCCCCCCCCC(Cc1cccnc1)NN. The number of nitrogens with two attached hydrogens (primary N) is 1. The van der Waals surface area contributed by atoms with Gasteiger partial charge in [0.25, 0.3) is 0 Å². The summed E-state index contributed by atoms with van der Waals surface area (Å²) in [7, 11) is 0. The molecule has 0 spiro atoms. The summed E-state index contributed by atoms with van der Waals surface area (Å²) in [6, 6.07) is 4.48. The predicted octanol–water partition coefficient (Wildman–Crippen LogP) is 4.38. The number of hydrogen-bond donors (Lipinski definition) is 2. The summed E-state index contributed by atoms with van der Waals surface area (Å²) in [6.07, 6.45) is 18.2. The van der Waals surface area contributed by atoms with E-state index in [0.717, 1.165) is 12.8 Å². The lowest BCUT2D eigenvalue weighted by Crippen LogP contribution is -2.36. The van der Waals surface area contributed by atoms with Gasteiger partial charge in [-0.05, 0) is 24.5 Å². The van der Waals surface area contributed by atoms with Gasteiger partial charge in [0.2, 0.25) is 0 Å². The number of unbranched alkanes of at least 4 members (excludes halogenated alkanes) is 8. The van der Waals surface area contributed by atoms with Gasteiger partial charge in [-0.25, -0.2) is 0 Å². The Balaban J connectivity index is 2.00. The van der Waals surface area contributed by atoms with E-state index in [1.807, 2.05) is 18.5 Å². The highest BCUT2D eigenvalue weighted by Crippen LogP contribution is 2.12. The number of hydrazine groups is 1. The topological polar surface area (TPSA) is 50.9 Å². The van der Waals surface area contributed by atoms with E-state index in [0.29, 0.717) is 6.04 Å². The number of aromatic nitrogens is 1. The average molecular weight is 291 g/mol. The minimum absolute atomic E-state index is 0.374. The molecule has 0 fully saturated rings. The van der Waals surface area contributed by atoms with Gasteiger partial charge >= 0.3 is 0 Å². The van der Waals surface area contributed by atoms with Crippen molar-refractivity contribution < 1.29 is 0 Å². The second-order valence-corrected chi connectivity index (χ2v) is 6.05. The minimum Gasteiger partial charge on any atom is -0.271 e. The third kappa shape index (κ3) is 9.59. The molecular formula is C18H33N3. The molecule has 0 aromatic carbocycles. The summed E-state index contributed by atoms with van der Waals surface area (Å²) in [6.45, 7) is 2.27. The van der Waals surface area contributed by atoms with Crippen molar-refractivity contribution in [1.82, 2.24) is 10.4 Å². The fourth-order valence-electron chi connectivity index (χ4n) is 2.75. The van der Waals surface area contributed by atoms with Crippen LogP contribution in [0.5, 0.6) is 0 Å². The summed E-state index contributed by atoms with van der Waals surface area (Å²) in [4.78, 5) is 4.15. The average Bonchev–Trinajstić information content (AvgIpc) is 2.53. The van der Waals surface area contributed by atoms with Crippen LogP contribution in [0.25, 0.3) is 0 Å². The van der Waals surface area contributed by atoms with Gasteiger partial charge in [-0.1, -0.05) is 70.8 Å². The highest BCUT2D eigenvalue weighted by molar-refractivity contribution is 5.09. The molecule has 3 nitrogen and oxygen atoms in total. The van der Waals surface area contributed by atoms with E-state index < -0.39 is 0 Å². The monoisotopic (exact) mass is 291 g/mol. The molecule has 120 valence electrons. The van der Waals surface area contributed by atoms with Crippen molar-refractivity contribution in [3.8, 4) is 0 Å². The van der Waals surface area contributed by atoms with E-state index in [1.165, 1.54) is 63.4 Å². The van der Waals surface area contributed by atoms with Crippen molar-refractivity contribution in [3.63, 3.8) is 0 Å². The molecule has 0 radical (unpaired) electrons. The molecular weight excluding hydrogens is 258 g/mol. The van der Waals surface area contributed by atoms with Gasteiger partial charge in [0, 0.05) is 18.4 Å². The van der Waals surface area contributed by atoms with Gasteiger partial charge in [-0.3, -0.25) is 16.3 Å². The number of hydrogen-bond acceptors (Lipinski definition) is 3. The Morgan fingerprint density at radius 3 is 2.29 bits per heavy atom. The van der Waals surface area contributed by atoms with Gasteiger partial charge in [0.05, 0.1) is 0 Å². The Morgan fingerprint density at radius 2 is 1.71 bits per heavy atom. The summed E-state index contributed by atoms with van der Waals surface area (Å²) >= 11 is 0. The van der Waals surface area contributed by atoms with Crippen LogP contribution in [0.1, 0.15) is 76.7 Å². The highest BCUT2D eigenvalue weighted by atomic mass is 15.2. The Hall–Kier alpha value is -0.930. The summed E-state index contributed by atoms with van der Waals surface area (Å²) in [5.74, 6) is 5.66. The number of nitrogens with one attached hydrogen (secondary N) is 1. The molecule has 1 unspecified atom stereocenters. The van der Waals surface area contributed by atoms with Gasteiger partial charge in [0.1, 0.15) is 0 Å². The van der Waals surface area contributed by atoms with E-state index >= 15 is 0 Å². The van der Waals surface area contributed by atoms with E-state index in [-0.39, 0.29) is 0 Å². The molecule has 21 heavy (non-hydrogen) atoms. The van der Waals surface area contributed by atoms with Crippen molar-refractivity contribution in [3.05, 3.63) is 30.1 Å². The van der Waals surface area contributed by atoms with Crippen molar-refractivity contribution >= 4 is 0 Å². The lowest BCUT2D eigenvalue weighted by Gasteiger charge is -2.15. The third-order valence-corrected chi connectivity index (χ3v) is 4.10. The standard InChI is InChI=1S/C18H33N3/c1-2-3-4-5-6-7-8-9-10-13-18(21-19)15-17-12-11-14-20-16-17/h11-12,14,16,18,21H,2-10,13,15,19H2,1H3. The molecule has 0 bridgehead atoms. The van der Waals surface area contributed by atoms with Crippen LogP contribution in [-0.4, -0.2) is 11.0 Å². The largest absolute Gasteiger partial charge is 0.271 e. The summed E-state index contributed by atoms with van der Waals surface area (Å²) in [5, 5.41) is 0. The molecule has 0 amide bonds.